The van der Waals surface area contributed by atoms with Gasteiger partial charge in [0, 0.05) is 5.92 Å². The van der Waals surface area contributed by atoms with E-state index in [2.05, 4.69) is 15.5 Å². The fourth-order valence-corrected chi connectivity index (χ4v) is 2.95. The predicted molar refractivity (Wildman–Crippen MR) is 84.1 cm³/mol. The summed E-state index contributed by atoms with van der Waals surface area (Å²) >= 11 is 0. The van der Waals surface area contributed by atoms with E-state index in [1.165, 1.54) is 19.3 Å². The molecule has 6 heteroatoms. The van der Waals surface area contributed by atoms with E-state index in [0.29, 0.717) is 24.1 Å². The second-order valence-corrected chi connectivity index (χ2v) is 6.79. The Kier molecular flexibility index (Phi) is 5.94. The first-order chi connectivity index (χ1) is 10.5. The van der Waals surface area contributed by atoms with Gasteiger partial charge in [-0.15, -0.1) is 0 Å². The molecule has 1 saturated carbocycles. The van der Waals surface area contributed by atoms with E-state index in [9.17, 15) is 4.79 Å². The third-order valence-corrected chi connectivity index (χ3v) is 4.22. The fraction of sp³-hybridized carbons (Fsp3) is 0.812. The van der Waals surface area contributed by atoms with Gasteiger partial charge in [0.1, 0.15) is 6.04 Å². The first-order valence-electron chi connectivity index (χ1n) is 8.36. The maximum Gasteiger partial charge on any atom is 0.248 e. The topological polar surface area (TPSA) is 94.0 Å². The van der Waals surface area contributed by atoms with Crippen LogP contribution in [0.15, 0.2) is 4.52 Å². The number of hydrogen-bond acceptors (Lipinski definition) is 5. The molecule has 6 nitrogen and oxygen atoms in total. The number of nitrogens with zero attached hydrogens (tertiary/aromatic N) is 2. The van der Waals surface area contributed by atoms with Crippen molar-refractivity contribution in [1.82, 2.24) is 15.5 Å². The monoisotopic (exact) mass is 308 g/mol. The summed E-state index contributed by atoms with van der Waals surface area (Å²) in [6.07, 6.45) is 6.66. The second-order valence-electron chi connectivity index (χ2n) is 6.79. The summed E-state index contributed by atoms with van der Waals surface area (Å²) in [4.78, 5) is 16.5. The Morgan fingerprint density at radius 3 is 2.64 bits per heavy atom. The van der Waals surface area contributed by atoms with Crippen molar-refractivity contribution in [2.45, 2.75) is 77.3 Å². The third kappa shape index (κ3) is 4.53. The highest BCUT2D eigenvalue weighted by molar-refractivity contribution is 5.81. The number of hydrogen-bond donors (Lipinski definition) is 2. The van der Waals surface area contributed by atoms with Crippen molar-refractivity contribution in [2.24, 2.45) is 11.7 Å². The van der Waals surface area contributed by atoms with Crippen molar-refractivity contribution >= 4 is 5.91 Å². The molecule has 3 N–H and O–H groups in total. The van der Waals surface area contributed by atoms with Crippen LogP contribution < -0.4 is 11.1 Å². The van der Waals surface area contributed by atoms with Gasteiger partial charge in [-0.25, -0.2) is 0 Å². The van der Waals surface area contributed by atoms with Crippen LogP contribution in [0.3, 0.4) is 0 Å². The second kappa shape index (κ2) is 7.72. The summed E-state index contributed by atoms with van der Waals surface area (Å²) in [6.45, 7) is 5.94. The molecule has 1 amide bonds. The molecule has 1 aromatic heterocycles. The molecule has 22 heavy (non-hydrogen) atoms. The number of nitrogens with one attached hydrogen (secondary N) is 1. The van der Waals surface area contributed by atoms with Gasteiger partial charge in [-0.3, -0.25) is 4.79 Å². The highest BCUT2D eigenvalue weighted by atomic mass is 16.5. The lowest BCUT2D eigenvalue weighted by Gasteiger charge is -2.18. The molecule has 0 saturated heterocycles. The Balaban J connectivity index is 1.91. The fourth-order valence-electron chi connectivity index (χ4n) is 2.95. The highest BCUT2D eigenvalue weighted by Crippen LogP contribution is 2.31. The molecular weight excluding hydrogens is 280 g/mol. The van der Waals surface area contributed by atoms with Crippen LogP contribution in [-0.4, -0.2) is 22.1 Å². The van der Waals surface area contributed by atoms with Gasteiger partial charge in [0.25, 0.3) is 0 Å². The predicted octanol–water partition coefficient (Wildman–Crippen LogP) is 2.67. The van der Waals surface area contributed by atoms with E-state index in [1.807, 2.05) is 20.8 Å². The molecule has 0 bridgehead atoms. The van der Waals surface area contributed by atoms with Crippen molar-refractivity contribution in [3.05, 3.63) is 11.7 Å². The Morgan fingerprint density at radius 1 is 1.32 bits per heavy atom. The van der Waals surface area contributed by atoms with E-state index in [4.69, 9.17) is 10.3 Å². The average Bonchev–Trinajstić information content (AvgIpc) is 2.97. The molecular formula is C16H28N4O2. The van der Waals surface area contributed by atoms with Crippen molar-refractivity contribution in [2.75, 3.05) is 0 Å². The molecule has 2 atom stereocenters. The lowest BCUT2D eigenvalue weighted by atomic mass is 9.89. The van der Waals surface area contributed by atoms with Crippen LogP contribution in [0.1, 0.15) is 83.0 Å². The first-order valence-corrected chi connectivity index (χ1v) is 8.36. The normalized spacial score (nSPS) is 19.1. The molecule has 1 fully saturated rings. The Bertz CT molecular complexity index is 480. The zero-order valence-electron chi connectivity index (χ0n) is 13.8. The molecule has 124 valence electrons. The van der Waals surface area contributed by atoms with Crippen molar-refractivity contribution in [3.8, 4) is 0 Å². The molecule has 1 aliphatic rings. The Hall–Kier alpha value is -1.43. The van der Waals surface area contributed by atoms with Gasteiger partial charge in [-0.2, -0.15) is 4.98 Å². The van der Waals surface area contributed by atoms with Crippen LogP contribution in [0, 0.1) is 5.92 Å². The van der Waals surface area contributed by atoms with E-state index in [0.717, 1.165) is 18.7 Å². The quantitative estimate of drug-likeness (QED) is 0.842. The molecule has 1 aromatic rings. The summed E-state index contributed by atoms with van der Waals surface area (Å²) in [5.41, 5.74) is 5.89. The molecule has 2 rings (SSSR count). The standard InChI is InChI=1S/C16H28N4O2/c1-10(2)9-13(17)15(21)18-11(3)16-19-14(20-22-16)12-7-5-4-6-8-12/h10-13H,4-9,17H2,1-3H3,(H,18,21)/t11?,13-/m0/s1. The van der Waals surface area contributed by atoms with E-state index in [1.54, 1.807) is 0 Å². The summed E-state index contributed by atoms with van der Waals surface area (Å²) < 4.78 is 5.32. The highest BCUT2D eigenvalue weighted by Gasteiger charge is 2.24. The lowest BCUT2D eigenvalue weighted by molar-refractivity contribution is -0.123. The minimum atomic E-state index is -0.497. The Morgan fingerprint density at radius 2 is 2.00 bits per heavy atom. The molecule has 1 heterocycles. The summed E-state index contributed by atoms with van der Waals surface area (Å²) in [5, 5.41) is 6.95. The van der Waals surface area contributed by atoms with Gasteiger partial charge in [-0.1, -0.05) is 38.3 Å². The zero-order chi connectivity index (χ0) is 16.1. The average molecular weight is 308 g/mol. The summed E-state index contributed by atoms with van der Waals surface area (Å²) in [6, 6.07) is -0.807. The molecule has 0 aromatic carbocycles. The van der Waals surface area contributed by atoms with Crippen LogP contribution in [0.5, 0.6) is 0 Å². The van der Waals surface area contributed by atoms with Crippen molar-refractivity contribution < 1.29 is 9.32 Å². The minimum Gasteiger partial charge on any atom is -0.343 e. The SMILES string of the molecule is CC(C)C[C@H](N)C(=O)NC(C)c1nc(C2CCCCC2)no1. The number of aromatic nitrogens is 2. The minimum absolute atomic E-state index is 0.168. The molecule has 1 aliphatic carbocycles. The van der Waals surface area contributed by atoms with E-state index in [-0.39, 0.29) is 11.9 Å². The number of carbonyl (C=O) groups is 1. The molecule has 0 aliphatic heterocycles. The van der Waals surface area contributed by atoms with Gasteiger partial charge in [0.2, 0.25) is 11.8 Å². The van der Waals surface area contributed by atoms with Gasteiger partial charge in [-0.05, 0) is 32.1 Å². The Labute approximate surface area is 132 Å². The van der Waals surface area contributed by atoms with Gasteiger partial charge in [0.05, 0.1) is 6.04 Å². The lowest BCUT2D eigenvalue weighted by Crippen LogP contribution is -2.42. The number of rotatable bonds is 6. The van der Waals surface area contributed by atoms with Crippen molar-refractivity contribution in [1.29, 1.82) is 0 Å². The maximum absolute atomic E-state index is 12.0. The number of nitrogens with two attached hydrogens (primary N) is 1. The zero-order valence-corrected chi connectivity index (χ0v) is 13.8. The summed E-state index contributed by atoms with van der Waals surface area (Å²) in [7, 11) is 0. The van der Waals surface area contributed by atoms with Crippen LogP contribution in [0.2, 0.25) is 0 Å². The van der Waals surface area contributed by atoms with Crippen LogP contribution in [0.25, 0.3) is 0 Å². The van der Waals surface area contributed by atoms with E-state index < -0.39 is 6.04 Å². The maximum atomic E-state index is 12.0. The number of amides is 1. The first kappa shape index (κ1) is 16.9. The van der Waals surface area contributed by atoms with Crippen LogP contribution >= 0.6 is 0 Å². The van der Waals surface area contributed by atoms with Gasteiger partial charge >= 0.3 is 0 Å². The largest absolute Gasteiger partial charge is 0.343 e. The number of carbonyl (C=O) groups excluding carboxylic acids is 1. The van der Waals surface area contributed by atoms with Crippen LogP contribution in [0.4, 0.5) is 0 Å². The third-order valence-electron chi connectivity index (χ3n) is 4.22. The van der Waals surface area contributed by atoms with E-state index >= 15 is 0 Å². The summed E-state index contributed by atoms with van der Waals surface area (Å²) in [5.74, 6) is 1.86. The smallest absolute Gasteiger partial charge is 0.248 e. The van der Waals surface area contributed by atoms with Crippen molar-refractivity contribution in [3.63, 3.8) is 0 Å². The molecule has 0 spiro atoms. The van der Waals surface area contributed by atoms with Crippen LogP contribution in [-0.2, 0) is 4.79 Å². The van der Waals surface area contributed by atoms with Gasteiger partial charge in [0.15, 0.2) is 5.82 Å². The van der Waals surface area contributed by atoms with Gasteiger partial charge < -0.3 is 15.6 Å². The molecule has 1 unspecified atom stereocenters. The molecule has 0 radical (unpaired) electrons.